The minimum atomic E-state index is -1.01. The number of methoxy groups -OCH3 is 1. The summed E-state index contributed by atoms with van der Waals surface area (Å²) < 4.78 is 5.70. The molecule has 20 heavy (non-hydrogen) atoms. The molecule has 0 heterocycles. The van der Waals surface area contributed by atoms with E-state index in [2.05, 4.69) is 21.2 Å². The Kier molecular flexibility index (Phi) is 7.04. The Morgan fingerprint density at radius 1 is 1.50 bits per heavy atom. The van der Waals surface area contributed by atoms with Crippen molar-refractivity contribution in [1.29, 1.82) is 0 Å². The maximum Gasteiger partial charge on any atom is 0.336 e. The summed E-state index contributed by atoms with van der Waals surface area (Å²) in [7, 11) is 1.57. The van der Waals surface area contributed by atoms with Gasteiger partial charge in [0.2, 0.25) is 5.91 Å². The molecular weight excluding hydrogens is 346 g/mol. The molecule has 0 aromatic heterocycles. The Morgan fingerprint density at radius 3 is 2.80 bits per heavy atom. The number of ether oxygens (including phenoxy) is 1. The number of thioether (sulfide) groups is 1. The molecule has 0 saturated carbocycles. The number of nitrogens with one attached hydrogen (secondary N) is 1. The van der Waals surface area contributed by atoms with E-state index in [0.717, 1.165) is 4.47 Å². The van der Waals surface area contributed by atoms with Gasteiger partial charge in [0.05, 0.1) is 17.9 Å². The minimum absolute atomic E-state index is 0.0745. The molecule has 0 aliphatic rings. The number of carboxylic acid groups (broad SMARTS) is 1. The molecule has 0 saturated heterocycles. The van der Waals surface area contributed by atoms with E-state index in [1.807, 2.05) is 6.92 Å². The smallest absolute Gasteiger partial charge is 0.336 e. The highest BCUT2D eigenvalue weighted by atomic mass is 79.9. The molecule has 1 amide bonds. The third kappa shape index (κ3) is 5.52. The van der Waals surface area contributed by atoms with Gasteiger partial charge < -0.3 is 15.2 Å². The fraction of sp³-hybridized carbons (Fsp3) is 0.385. The molecular formula is C13H16BrNO4S. The van der Waals surface area contributed by atoms with Gasteiger partial charge >= 0.3 is 5.97 Å². The number of halogens is 1. The summed E-state index contributed by atoms with van der Waals surface area (Å²) >= 11 is 4.48. The molecule has 1 unspecified atom stereocenters. The number of amides is 1. The Hall–Kier alpha value is -1.05. The molecule has 7 heteroatoms. The number of benzene rings is 1. The second-order valence-electron chi connectivity index (χ2n) is 4.16. The van der Waals surface area contributed by atoms with Crippen LogP contribution in [0.4, 0.5) is 0 Å². The third-order valence-corrected chi connectivity index (χ3v) is 3.91. The summed E-state index contributed by atoms with van der Waals surface area (Å²) in [5.74, 6) is -1.01. The lowest BCUT2D eigenvalue weighted by atomic mass is 10.2. The molecule has 1 aromatic carbocycles. The van der Waals surface area contributed by atoms with Gasteiger partial charge in [-0.25, -0.2) is 4.79 Å². The molecule has 1 rings (SSSR count). The summed E-state index contributed by atoms with van der Waals surface area (Å²) in [5, 5.41) is 11.9. The van der Waals surface area contributed by atoms with Gasteiger partial charge in [0, 0.05) is 22.5 Å². The lowest BCUT2D eigenvalue weighted by Gasteiger charge is -2.13. The highest BCUT2D eigenvalue weighted by Gasteiger charge is 2.13. The van der Waals surface area contributed by atoms with Crippen molar-refractivity contribution in [2.45, 2.75) is 17.9 Å². The molecule has 110 valence electrons. The van der Waals surface area contributed by atoms with Crippen LogP contribution in [0.5, 0.6) is 0 Å². The van der Waals surface area contributed by atoms with Crippen molar-refractivity contribution in [2.75, 3.05) is 19.5 Å². The van der Waals surface area contributed by atoms with Crippen LogP contribution in [0.1, 0.15) is 17.3 Å². The minimum Gasteiger partial charge on any atom is -0.478 e. The van der Waals surface area contributed by atoms with Crippen molar-refractivity contribution in [1.82, 2.24) is 5.32 Å². The molecule has 0 radical (unpaired) electrons. The molecule has 5 nitrogen and oxygen atoms in total. The lowest BCUT2D eigenvalue weighted by molar-refractivity contribution is -0.119. The van der Waals surface area contributed by atoms with Crippen molar-refractivity contribution in [2.24, 2.45) is 0 Å². The zero-order chi connectivity index (χ0) is 15.1. The van der Waals surface area contributed by atoms with Crippen molar-refractivity contribution < 1.29 is 19.4 Å². The Bertz CT molecular complexity index is 495. The van der Waals surface area contributed by atoms with E-state index in [9.17, 15) is 9.59 Å². The molecule has 0 aliphatic heterocycles. The van der Waals surface area contributed by atoms with Crippen LogP contribution in [-0.4, -0.2) is 42.5 Å². The highest BCUT2D eigenvalue weighted by molar-refractivity contribution is 9.10. The summed E-state index contributed by atoms with van der Waals surface area (Å²) in [6.45, 7) is 2.28. The fourth-order valence-electron chi connectivity index (χ4n) is 1.54. The summed E-state index contributed by atoms with van der Waals surface area (Å²) in [6.07, 6.45) is 0. The first-order valence-electron chi connectivity index (χ1n) is 5.88. The van der Waals surface area contributed by atoms with Crippen LogP contribution in [0, 0.1) is 0 Å². The number of rotatable bonds is 7. The molecule has 1 aromatic rings. The monoisotopic (exact) mass is 361 g/mol. The number of carboxylic acids is 1. The van der Waals surface area contributed by atoms with E-state index in [0.29, 0.717) is 11.5 Å². The van der Waals surface area contributed by atoms with Gasteiger partial charge in [-0.3, -0.25) is 4.79 Å². The van der Waals surface area contributed by atoms with E-state index < -0.39 is 5.97 Å². The molecule has 1 atom stereocenters. The van der Waals surface area contributed by atoms with Gasteiger partial charge in [-0.15, -0.1) is 11.8 Å². The van der Waals surface area contributed by atoms with Gasteiger partial charge in [0.15, 0.2) is 0 Å². The Morgan fingerprint density at radius 2 is 2.20 bits per heavy atom. The van der Waals surface area contributed by atoms with E-state index in [1.165, 1.54) is 17.8 Å². The molecule has 0 aliphatic carbocycles. The van der Waals surface area contributed by atoms with Crippen LogP contribution in [0.2, 0.25) is 0 Å². The Balaban J connectivity index is 2.63. The topological polar surface area (TPSA) is 75.6 Å². The van der Waals surface area contributed by atoms with E-state index in [1.54, 1.807) is 19.2 Å². The number of hydrogen-bond donors (Lipinski definition) is 2. The van der Waals surface area contributed by atoms with Crippen molar-refractivity contribution in [3.05, 3.63) is 28.2 Å². The average molecular weight is 362 g/mol. The zero-order valence-electron chi connectivity index (χ0n) is 11.2. The fourth-order valence-corrected chi connectivity index (χ4v) is 2.95. The molecule has 0 spiro atoms. The quantitative estimate of drug-likeness (QED) is 0.729. The first-order chi connectivity index (χ1) is 9.43. The van der Waals surface area contributed by atoms with E-state index in [-0.39, 0.29) is 23.3 Å². The second-order valence-corrected chi connectivity index (χ2v) is 6.09. The van der Waals surface area contributed by atoms with Crippen molar-refractivity contribution >= 4 is 39.6 Å². The zero-order valence-corrected chi connectivity index (χ0v) is 13.6. The van der Waals surface area contributed by atoms with Crippen molar-refractivity contribution in [3.63, 3.8) is 0 Å². The predicted molar refractivity (Wildman–Crippen MR) is 81.3 cm³/mol. The predicted octanol–water partition coefficient (Wildman–Crippen LogP) is 2.39. The second kappa shape index (κ2) is 8.28. The standard InChI is InChI=1S/C13H16BrNO4S/c1-8(6-19-2)15-12(16)7-20-11-5-9(14)3-4-10(11)13(17)18/h3-5,8H,6-7H2,1-2H3,(H,15,16)(H,17,18). The summed E-state index contributed by atoms with van der Waals surface area (Å²) in [6, 6.07) is 4.79. The molecule has 2 N–H and O–H groups in total. The first-order valence-corrected chi connectivity index (χ1v) is 7.66. The molecule has 0 bridgehead atoms. The molecule has 0 fully saturated rings. The Labute approximate surface area is 130 Å². The lowest BCUT2D eigenvalue weighted by Crippen LogP contribution is -2.36. The first kappa shape index (κ1) is 17.0. The average Bonchev–Trinajstić information content (AvgIpc) is 2.36. The van der Waals surface area contributed by atoms with Gasteiger partial charge in [0.25, 0.3) is 0 Å². The van der Waals surface area contributed by atoms with Crippen LogP contribution < -0.4 is 5.32 Å². The van der Waals surface area contributed by atoms with E-state index >= 15 is 0 Å². The van der Waals surface area contributed by atoms with E-state index in [4.69, 9.17) is 9.84 Å². The maximum absolute atomic E-state index is 11.7. The number of carbonyl (C=O) groups excluding carboxylic acids is 1. The maximum atomic E-state index is 11.7. The summed E-state index contributed by atoms with van der Waals surface area (Å²) in [5.41, 5.74) is 0.191. The SMILES string of the molecule is COCC(C)NC(=O)CSc1cc(Br)ccc1C(=O)O. The van der Waals surface area contributed by atoms with Crippen LogP contribution in [0.15, 0.2) is 27.6 Å². The van der Waals surface area contributed by atoms with Crippen LogP contribution >= 0.6 is 27.7 Å². The van der Waals surface area contributed by atoms with Gasteiger partial charge in [0.1, 0.15) is 0 Å². The van der Waals surface area contributed by atoms with Gasteiger partial charge in [-0.2, -0.15) is 0 Å². The van der Waals surface area contributed by atoms with Crippen LogP contribution in [0.25, 0.3) is 0 Å². The number of aromatic carboxylic acids is 1. The summed E-state index contributed by atoms with van der Waals surface area (Å²) in [4.78, 5) is 23.4. The normalized spacial score (nSPS) is 11.9. The van der Waals surface area contributed by atoms with Crippen molar-refractivity contribution in [3.8, 4) is 0 Å². The van der Waals surface area contributed by atoms with Crippen LogP contribution in [0.3, 0.4) is 0 Å². The largest absolute Gasteiger partial charge is 0.478 e. The van der Waals surface area contributed by atoms with Crippen LogP contribution in [-0.2, 0) is 9.53 Å². The number of hydrogen-bond acceptors (Lipinski definition) is 4. The van der Waals surface area contributed by atoms with Gasteiger partial charge in [-0.1, -0.05) is 15.9 Å². The highest BCUT2D eigenvalue weighted by Crippen LogP contribution is 2.26. The number of carbonyl (C=O) groups is 2. The third-order valence-electron chi connectivity index (χ3n) is 2.36. The van der Waals surface area contributed by atoms with Gasteiger partial charge in [-0.05, 0) is 25.1 Å².